The van der Waals surface area contributed by atoms with Gasteiger partial charge in [0.15, 0.2) is 11.7 Å². The molecular formula is C33H37ClN4O7S. The van der Waals surface area contributed by atoms with Crippen LogP contribution in [0.15, 0.2) is 54.7 Å². The van der Waals surface area contributed by atoms with E-state index in [0.717, 1.165) is 17.4 Å². The molecular weight excluding hydrogens is 632 g/mol. The number of para-hydroxylation sites is 1. The number of hydrogen-bond acceptors (Lipinski definition) is 8. The van der Waals surface area contributed by atoms with Gasteiger partial charge in [0.05, 0.1) is 11.3 Å². The molecule has 3 heterocycles. The van der Waals surface area contributed by atoms with Crippen molar-refractivity contribution in [3.05, 3.63) is 70.9 Å². The number of carbonyl (C=O) groups excluding carboxylic acids is 3. The van der Waals surface area contributed by atoms with Crippen LogP contribution in [0.1, 0.15) is 56.0 Å². The maximum Gasteiger partial charge on any atom is 0.274 e. The van der Waals surface area contributed by atoms with Crippen molar-refractivity contribution in [3.8, 4) is 22.8 Å². The number of anilines is 1. The van der Waals surface area contributed by atoms with Crippen LogP contribution in [0.3, 0.4) is 0 Å². The zero-order chi connectivity index (χ0) is 33.4. The Labute approximate surface area is 273 Å². The SMILES string of the molecule is CC[C@@H](Oc1ccccc1-c1ccc(C(=O)N2CCC(N3C(=O)C(C)(C)Oc4ncc(Cl)cc43)CC2)c(C)c1)C(=O)NS(C)(=O)=O. The smallest absolute Gasteiger partial charge is 0.274 e. The minimum atomic E-state index is -3.74. The van der Waals surface area contributed by atoms with Gasteiger partial charge in [-0.25, -0.2) is 13.4 Å². The van der Waals surface area contributed by atoms with Gasteiger partial charge in [0.25, 0.3) is 17.7 Å². The van der Waals surface area contributed by atoms with Crippen LogP contribution < -0.4 is 19.1 Å². The number of pyridine rings is 1. The van der Waals surface area contributed by atoms with Crippen LogP contribution in [0.25, 0.3) is 11.1 Å². The Morgan fingerprint density at radius 1 is 1.15 bits per heavy atom. The third-order valence-electron chi connectivity index (χ3n) is 8.13. The van der Waals surface area contributed by atoms with Gasteiger partial charge in [0.1, 0.15) is 11.4 Å². The summed E-state index contributed by atoms with van der Waals surface area (Å²) >= 11 is 6.22. The van der Waals surface area contributed by atoms with Gasteiger partial charge in [-0.2, -0.15) is 0 Å². The summed E-state index contributed by atoms with van der Waals surface area (Å²) in [7, 11) is -3.74. The molecule has 0 bridgehead atoms. The number of carbonyl (C=O) groups is 3. The second kappa shape index (κ2) is 12.9. The van der Waals surface area contributed by atoms with Crippen molar-refractivity contribution in [1.29, 1.82) is 0 Å². The fourth-order valence-corrected chi connectivity index (χ4v) is 6.46. The molecule has 11 nitrogen and oxygen atoms in total. The summed E-state index contributed by atoms with van der Waals surface area (Å²) in [4.78, 5) is 47.4. The van der Waals surface area contributed by atoms with Crippen LogP contribution in [0.5, 0.6) is 11.6 Å². The molecule has 244 valence electrons. The van der Waals surface area contributed by atoms with Crippen molar-refractivity contribution in [2.45, 2.75) is 64.7 Å². The monoisotopic (exact) mass is 668 g/mol. The number of hydrogen-bond donors (Lipinski definition) is 1. The normalized spacial score (nSPS) is 17.1. The highest BCUT2D eigenvalue weighted by atomic mass is 35.5. The van der Waals surface area contributed by atoms with E-state index in [1.807, 2.05) is 35.9 Å². The Hall–Kier alpha value is -4.16. The summed E-state index contributed by atoms with van der Waals surface area (Å²) in [6.45, 7) is 7.95. The molecule has 1 fully saturated rings. The van der Waals surface area contributed by atoms with Crippen LogP contribution >= 0.6 is 11.6 Å². The third-order valence-corrected chi connectivity index (χ3v) is 8.91. The van der Waals surface area contributed by atoms with Crippen molar-refractivity contribution >= 4 is 45.0 Å². The highest BCUT2D eigenvalue weighted by molar-refractivity contribution is 7.89. The lowest BCUT2D eigenvalue weighted by atomic mass is 9.95. The summed E-state index contributed by atoms with van der Waals surface area (Å²) < 4.78 is 37.0. The van der Waals surface area contributed by atoms with Gasteiger partial charge in [0, 0.05) is 36.5 Å². The predicted molar refractivity (Wildman–Crippen MR) is 175 cm³/mol. The highest BCUT2D eigenvalue weighted by Crippen LogP contribution is 2.40. The Kier molecular flexibility index (Phi) is 9.33. The van der Waals surface area contributed by atoms with Crippen LogP contribution in [-0.4, -0.2) is 73.1 Å². The summed E-state index contributed by atoms with van der Waals surface area (Å²) in [5.74, 6) is -0.248. The first-order valence-electron chi connectivity index (χ1n) is 15.0. The zero-order valence-electron chi connectivity index (χ0n) is 26.4. The molecule has 13 heteroatoms. The lowest BCUT2D eigenvalue weighted by Crippen LogP contribution is -2.58. The standard InChI is InChI=1S/C33H37ClN4O7S/c1-6-27(29(39)36-46(5,42)43)44-28-10-8-7-9-25(28)21-11-12-24(20(2)17-21)31(40)37-15-13-23(14-16-37)38-26-18-22(34)19-35-30(26)45-33(3,4)32(38)41/h7-12,17-19,23,27H,6,13-16H2,1-5H3,(H,36,39)/t27-/m1/s1. The van der Waals surface area contributed by atoms with E-state index in [0.29, 0.717) is 59.4 Å². The molecule has 1 atom stereocenters. The number of aryl methyl sites for hydroxylation is 1. The average Bonchev–Trinajstić information content (AvgIpc) is 3.00. The number of aromatic nitrogens is 1. The van der Waals surface area contributed by atoms with E-state index >= 15 is 0 Å². The number of ether oxygens (including phenoxy) is 2. The van der Waals surface area contributed by atoms with Gasteiger partial charge in [-0.05, 0) is 69.4 Å². The number of halogens is 1. The number of fused-ring (bicyclic) bond motifs is 1. The summed E-state index contributed by atoms with van der Waals surface area (Å²) in [5.41, 5.74) is 2.26. The number of sulfonamides is 1. The van der Waals surface area contributed by atoms with Crippen molar-refractivity contribution in [2.75, 3.05) is 24.2 Å². The molecule has 0 saturated carbocycles. The maximum absolute atomic E-state index is 13.7. The largest absolute Gasteiger partial charge is 0.480 e. The number of nitrogens with zero attached hydrogens (tertiary/aromatic N) is 3. The lowest BCUT2D eigenvalue weighted by molar-refractivity contribution is -0.133. The minimum Gasteiger partial charge on any atom is -0.480 e. The molecule has 1 N–H and O–H groups in total. The second-order valence-corrected chi connectivity index (χ2v) is 14.3. The Morgan fingerprint density at radius 2 is 1.85 bits per heavy atom. The summed E-state index contributed by atoms with van der Waals surface area (Å²) in [5, 5.41) is 0.406. The van der Waals surface area contributed by atoms with E-state index in [4.69, 9.17) is 21.1 Å². The molecule has 0 unspecified atom stereocenters. The first-order chi connectivity index (χ1) is 21.7. The van der Waals surface area contributed by atoms with Crippen molar-refractivity contribution in [2.24, 2.45) is 0 Å². The van der Waals surface area contributed by atoms with Crippen molar-refractivity contribution in [1.82, 2.24) is 14.6 Å². The van der Waals surface area contributed by atoms with Crippen LogP contribution in [0.2, 0.25) is 5.02 Å². The van der Waals surface area contributed by atoms with Crippen LogP contribution in [0, 0.1) is 6.92 Å². The minimum absolute atomic E-state index is 0.103. The second-order valence-electron chi connectivity index (χ2n) is 12.1. The Morgan fingerprint density at radius 3 is 2.50 bits per heavy atom. The third kappa shape index (κ3) is 6.97. The molecule has 2 aliphatic heterocycles. The summed E-state index contributed by atoms with van der Waals surface area (Å²) in [6, 6.07) is 14.2. The van der Waals surface area contributed by atoms with Crippen molar-refractivity contribution in [3.63, 3.8) is 0 Å². The fourth-order valence-electron chi connectivity index (χ4n) is 5.82. The molecule has 2 aliphatic rings. The number of rotatable bonds is 8. The summed E-state index contributed by atoms with van der Waals surface area (Å²) in [6.07, 6.45) is 2.81. The van der Waals surface area contributed by atoms with Crippen LogP contribution in [0.4, 0.5) is 5.69 Å². The van der Waals surface area contributed by atoms with Gasteiger partial charge in [-0.3, -0.25) is 19.1 Å². The number of amides is 3. The van der Waals surface area contributed by atoms with E-state index in [9.17, 15) is 22.8 Å². The molecule has 1 saturated heterocycles. The van der Waals surface area contributed by atoms with Gasteiger partial charge in [-0.15, -0.1) is 0 Å². The Bertz CT molecular complexity index is 1790. The number of benzene rings is 2. The quantitative estimate of drug-likeness (QED) is 0.363. The number of nitrogens with one attached hydrogen (secondary N) is 1. The first-order valence-corrected chi connectivity index (χ1v) is 17.3. The molecule has 5 rings (SSSR count). The van der Waals surface area contributed by atoms with Gasteiger partial charge >= 0.3 is 0 Å². The lowest BCUT2D eigenvalue weighted by Gasteiger charge is -2.44. The molecule has 0 radical (unpaired) electrons. The van der Waals surface area contributed by atoms with E-state index in [2.05, 4.69) is 4.98 Å². The first kappa shape index (κ1) is 33.2. The molecule has 2 aromatic carbocycles. The Balaban J connectivity index is 1.30. The molecule has 46 heavy (non-hydrogen) atoms. The number of likely N-dealkylation sites (tertiary alicyclic amines) is 1. The van der Waals surface area contributed by atoms with Crippen molar-refractivity contribution < 1.29 is 32.3 Å². The van der Waals surface area contributed by atoms with E-state index in [1.54, 1.807) is 54.8 Å². The molecule has 0 aliphatic carbocycles. The topological polar surface area (TPSA) is 135 Å². The fraction of sp³-hybridized carbons (Fsp3) is 0.394. The van der Waals surface area contributed by atoms with E-state index < -0.39 is 27.6 Å². The maximum atomic E-state index is 13.7. The average molecular weight is 669 g/mol. The predicted octanol–water partition coefficient (Wildman–Crippen LogP) is 4.75. The van der Waals surface area contributed by atoms with Crippen LogP contribution in [-0.2, 0) is 19.6 Å². The molecule has 3 amide bonds. The van der Waals surface area contributed by atoms with E-state index in [-0.39, 0.29) is 24.3 Å². The molecule has 3 aromatic rings. The van der Waals surface area contributed by atoms with E-state index in [1.165, 1.54) is 6.20 Å². The molecule has 1 aromatic heterocycles. The zero-order valence-corrected chi connectivity index (χ0v) is 27.9. The van der Waals surface area contributed by atoms with Gasteiger partial charge < -0.3 is 19.3 Å². The molecule has 0 spiro atoms. The highest BCUT2D eigenvalue weighted by Gasteiger charge is 2.45. The van der Waals surface area contributed by atoms with Gasteiger partial charge in [0.2, 0.25) is 15.9 Å². The van der Waals surface area contributed by atoms with Gasteiger partial charge in [-0.1, -0.05) is 48.9 Å². The number of piperidine rings is 1.